The van der Waals surface area contributed by atoms with Crippen LogP contribution in [0.25, 0.3) is 11.8 Å². The first kappa shape index (κ1) is 34.7. The lowest BCUT2D eigenvalue weighted by molar-refractivity contribution is -0.135. The van der Waals surface area contributed by atoms with Gasteiger partial charge in [-0.15, -0.1) is 5.10 Å². The second kappa shape index (κ2) is 14.8. The molecule has 0 aliphatic carbocycles. The number of rotatable bonds is 8. The molecule has 1 fully saturated rings. The number of benzene rings is 3. The van der Waals surface area contributed by atoms with Crippen molar-refractivity contribution < 1.29 is 28.2 Å². The Morgan fingerprint density at radius 1 is 1.06 bits per heavy atom. The standard InChI is InChI=1S/C36H37ClFN7O5/c1-36(2,3)50-35(48)22-7-9-23(10-8-22)41-34(47)33-26-5-4-6-30(49-24-15-18-39-19-16-24)25(26)17-20-44(33)31(46)14-11-27-29(45-21-40-42-43-45)13-12-28(37)32(27)38/h4-14,21,24,33,39H,15-20H2,1-3H3,(H,41,47). The van der Waals surface area contributed by atoms with E-state index in [9.17, 15) is 14.4 Å². The third-order valence-corrected chi connectivity index (χ3v) is 8.67. The smallest absolute Gasteiger partial charge is 0.338 e. The number of amides is 2. The monoisotopic (exact) mass is 701 g/mol. The number of esters is 1. The normalized spacial score (nSPS) is 16.6. The van der Waals surface area contributed by atoms with Crippen molar-refractivity contribution in [2.75, 3.05) is 25.0 Å². The van der Waals surface area contributed by atoms with E-state index in [0.29, 0.717) is 29.0 Å². The largest absolute Gasteiger partial charge is 0.490 e. The molecule has 2 amide bonds. The second-order valence-electron chi connectivity index (χ2n) is 13.0. The van der Waals surface area contributed by atoms with Crippen molar-refractivity contribution >= 4 is 41.1 Å². The fourth-order valence-electron chi connectivity index (χ4n) is 6.03. The molecule has 3 heterocycles. The van der Waals surface area contributed by atoms with Gasteiger partial charge in [0.25, 0.3) is 5.91 Å². The maximum absolute atomic E-state index is 15.3. The van der Waals surface area contributed by atoms with Gasteiger partial charge in [-0.1, -0.05) is 23.7 Å². The highest BCUT2D eigenvalue weighted by Crippen LogP contribution is 2.37. The van der Waals surface area contributed by atoms with Gasteiger partial charge in [0.1, 0.15) is 29.8 Å². The number of hydrogen-bond acceptors (Lipinski definition) is 9. The van der Waals surface area contributed by atoms with Crippen molar-refractivity contribution in [1.29, 1.82) is 0 Å². The number of aromatic nitrogens is 4. The number of nitrogens with one attached hydrogen (secondary N) is 2. The second-order valence-corrected chi connectivity index (χ2v) is 13.4. The van der Waals surface area contributed by atoms with Crippen LogP contribution in [0.3, 0.4) is 0 Å². The van der Waals surface area contributed by atoms with Gasteiger partial charge in [-0.2, -0.15) is 4.68 Å². The summed E-state index contributed by atoms with van der Waals surface area (Å²) in [5, 5.41) is 17.2. The molecule has 0 bridgehead atoms. The number of carbonyl (C=O) groups is 3. The molecule has 12 nitrogen and oxygen atoms in total. The van der Waals surface area contributed by atoms with Crippen molar-refractivity contribution in [2.45, 2.75) is 57.8 Å². The van der Waals surface area contributed by atoms with E-state index in [4.69, 9.17) is 21.1 Å². The highest BCUT2D eigenvalue weighted by molar-refractivity contribution is 6.31. The number of hydrogen-bond donors (Lipinski definition) is 2. The number of nitrogens with zero attached hydrogens (tertiary/aromatic N) is 5. The van der Waals surface area contributed by atoms with Crippen molar-refractivity contribution in [2.24, 2.45) is 0 Å². The van der Waals surface area contributed by atoms with Gasteiger partial charge in [0, 0.05) is 29.4 Å². The molecule has 0 saturated carbocycles. The number of halogens is 2. The number of tetrazole rings is 1. The number of ether oxygens (including phenoxy) is 2. The molecule has 1 aromatic heterocycles. The third kappa shape index (κ3) is 7.84. The first-order valence-corrected chi connectivity index (χ1v) is 16.7. The van der Waals surface area contributed by atoms with Crippen molar-refractivity contribution in [3.63, 3.8) is 0 Å². The van der Waals surface area contributed by atoms with E-state index in [-0.39, 0.29) is 28.9 Å². The molecule has 1 atom stereocenters. The van der Waals surface area contributed by atoms with Gasteiger partial charge in [0.15, 0.2) is 5.82 Å². The first-order valence-electron chi connectivity index (χ1n) is 16.3. The number of anilines is 1. The summed E-state index contributed by atoms with van der Waals surface area (Å²) in [4.78, 5) is 42.1. The molecule has 1 saturated heterocycles. The highest BCUT2D eigenvalue weighted by atomic mass is 35.5. The lowest BCUT2D eigenvalue weighted by Crippen LogP contribution is -2.45. The predicted molar refractivity (Wildman–Crippen MR) is 185 cm³/mol. The van der Waals surface area contributed by atoms with Gasteiger partial charge in [-0.3, -0.25) is 9.59 Å². The summed E-state index contributed by atoms with van der Waals surface area (Å²) >= 11 is 6.09. The Morgan fingerprint density at radius 3 is 2.52 bits per heavy atom. The lowest BCUT2D eigenvalue weighted by Gasteiger charge is -2.37. The van der Waals surface area contributed by atoms with Crippen molar-refractivity contribution in [1.82, 2.24) is 30.4 Å². The van der Waals surface area contributed by atoms with Crippen LogP contribution in [0.2, 0.25) is 5.02 Å². The van der Waals surface area contributed by atoms with E-state index in [1.165, 1.54) is 40.2 Å². The quantitative estimate of drug-likeness (QED) is 0.185. The zero-order valence-corrected chi connectivity index (χ0v) is 28.6. The van der Waals surface area contributed by atoms with Gasteiger partial charge in [-0.25, -0.2) is 9.18 Å². The zero-order valence-electron chi connectivity index (χ0n) is 27.9. The zero-order chi connectivity index (χ0) is 35.4. The Bertz CT molecular complexity index is 1910. The molecule has 2 N–H and O–H groups in total. The highest BCUT2D eigenvalue weighted by Gasteiger charge is 2.37. The number of piperidine rings is 1. The average molecular weight is 702 g/mol. The van der Waals surface area contributed by atoms with E-state index in [2.05, 4.69) is 26.2 Å². The van der Waals surface area contributed by atoms with Crippen LogP contribution in [0, 0.1) is 5.82 Å². The summed E-state index contributed by atoms with van der Waals surface area (Å²) in [6.45, 7) is 7.25. The summed E-state index contributed by atoms with van der Waals surface area (Å²) in [5.41, 5.74) is 1.83. The van der Waals surface area contributed by atoms with Gasteiger partial charge >= 0.3 is 5.97 Å². The number of carbonyl (C=O) groups excluding carboxylic acids is 3. The summed E-state index contributed by atoms with van der Waals surface area (Å²) in [6.07, 6.45) is 5.99. The lowest BCUT2D eigenvalue weighted by atomic mass is 9.90. The maximum atomic E-state index is 15.3. The summed E-state index contributed by atoms with van der Waals surface area (Å²) in [6, 6.07) is 13.7. The van der Waals surface area contributed by atoms with Gasteiger partial charge < -0.3 is 25.0 Å². The Labute approximate surface area is 293 Å². The fourth-order valence-corrected chi connectivity index (χ4v) is 6.20. The average Bonchev–Trinajstić information content (AvgIpc) is 3.63. The SMILES string of the molecule is CC(C)(C)OC(=O)c1ccc(NC(=O)C2c3cccc(OC4CCNCC4)c3CCN2C(=O)C=Cc2c(-n3cnnn3)ccc(Cl)c2F)cc1. The molecule has 3 aromatic carbocycles. The van der Waals surface area contributed by atoms with Crippen LogP contribution in [-0.4, -0.2) is 74.2 Å². The minimum absolute atomic E-state index is 0.000652. The van der Waals surface area contributed by atoms with Crippen LogP contribution >= 0.6 is 11.6 Å². The molecule has 0 spiro atoms. The summed E-state index contributed by atoms with van der Waals surface area (Å²) < 4.78 is 28.4. The van der Waals surface area contributed by atoms with E-state index >= 15 is 4.39 Å². The molecule has 2 aliphatic heterocycles. The van der Waals surface area contributed by atoms with Crippen LogP contribution in [0.15, 0.2) is 67.0 Å². The van der Waals surface area contributed by atoms with Crippen molar-refractivity contribution in [3.05, 3.63) is 100 Å². The summed E-state index contributed by atoms with van der Waals surface area (Å²) in [5.74, 6) is -1.55. The predicted octanol–water partition coefficient (Wildman–Crippen LogP) is 5.32. The molecule has 1 unspecified atom stereocenters. The number of fused-ring (bicyclic) bond motifs is 1. The third-order valence-electron chi connectivity index (χ3n) is 8.37. The van der Waals surface area contributed by atoms with Gasteiger partial charge in [0.05, 0.1) is 16.3 Å². The molecule has 4 aromatic rings. The van der Waals surface area contributed by atoms with Crippen LogP contribution < -0.4 is 15.4 Å². The molecule has 6 rings (SSSR count). The topological polar surface area (TPSA) is 141 Å². The van der Waals surface area contributed by atoms with E-state index in [1.807, 2.05) is 18.2 Å². The van der Waals surface area contributed by atoms with Crippen LogP contribution in [0.4, 0.5) is 10.1 Å². The minimum Gasteiger partial charge on any atom is -0.490 e. The summed E-state index contributed by atoms with van der Waals surface area (Å²) in [7, 11) is 0. The first-order chi connectivity index (χ1) is 24.0. The molecule has 260 valence electrons. The van der Waals surface area contributed by atoms with Crippen LogP contribution in [0.5, 0.6) is 5.75 Å². The fraction of sp³-hybridized carbons (Fsp3) is 0.333. The molecule has 50 heavy (non-hydrogen) atoms. The molecule has 0 radical (unpaired) electrons. The molecular weight excluding hydrogens is 665 g/mol. The van der Waals surface area contributed by atoms with E-state index in [1.54, 1.807) is 45.0 Å². The van der Waals surface area contributed by atoms with Crippen LogP contribution in [-0.2, 0) is 20.7 Å². The Hall–Kier alpha value is -5.14. The molecule has 2 aliphatic rings. The van der Waals surface area contributed by atoms with E-state index in [0.717, 1.165) is 31.5 Å². The Balaban J connectivity index is 1.31. The molecular formula is C36H37ClFN7O5. The van der Waals surface area contributed by atoms with Gasteiger partial charge in [-0.05, 0) is 118 Å². The minimum atomic E-state index is -1.05. The van der Waals surface area contributed by atoms with E-state index < -0.39 is 35.2 Å². The Morgan fingerprint density at radius 2 is 1.82 bits per heavy atom. The Kier molecular flexibility index (Phi) is 10.3. The van der Waals surface area contributed by atoms with Gasteiger partial charge in [0.2, 0.25) is 5.91 Å². The van der Waals surface area contributed by atoms with Crippen LogP contribution in [0.1, 0.15) is 66.7 Å². The van der Waals surface area contributed by atoms with Crippen molar-refractivity contribution in [3.8, 4) is 11.4 Å². The molecule has 14 heteroatoms. The maximum Gasteiger partial charge on any atom is 0.338 e.